The fourth-order valence-electron chi connectivity index (χ4n) is 4.16. The van der Waals surface area contributed by atoms with Gasteiger partial charge in [0, 0.05) is 18.9 Å². The first kappa shape index (κ1) is 24.3. The van der Waals surface area contributed by atoms with Crippen molar-refractivity contribution < 1.29 is 24.2 Å². The lowest BCUT2D eigenvalue weighted by Crippen LogP contribution is -2.38. The van der Waals surface area contributed by atoms with Gasteiger partial charge >= 0.3 is 12.1 Å². The van der Waals surface area contributed by atoms with Gasteiger partial charge in [0.05, 0.1) is 0 Å². The zero-order valence-corrected chi connectivity index (χ0v) is 19.0. The predicted molar refractivity (Wildman–Crippen MR) is 126 cm³/mol. The number of nitrogens with one attached hydrogen (secondary N) is 2. The Labute approximate surface area is 194 Å². The zero-order chi connectivity index (χ0) is 23.6. The van der Waals surface area contributed by atoms with Crippen molar-refractivity contribution in [2.45, 2.75) is 57.4 Å². The van der Waals surface area contributed by atoms with Crippen LogP contribution in [0.5, 0.6) is 0 Å². The SMILES string of the molecule is CC(NC(=O)CCCCCCCNC(=O)OCC1c2ccccc2-c2ccccc21)C(=O)O. The highest BCUT2D eigenvalue weighted by molar-refractivity contribution is 5.83. The molecule has 0 spiro atoms. The Hall–Kier alpha value is -3.35. The second-order valence-electron chi connectivity index (χ2n) is 8.40. The van der Waals surface area contributed by atoms with Crippen LogP contribution in [0, 0.1) is 0 Å². The molecular formula is C26H32N2O5. The van der Waals surface area contributed by atoms with E-state index in [1.54, 1.807) is 0 Å². The fourth-order valence-corrected chi connectivity index (χ4v) is 4.16. The molecule has 1 atom stereocenters. The van der Waals surface area contributed by atoms with E-state index >= 15 is 0 Å². The van der Waals surface area contributed by atoms with E-state index in [0.29, 0.717) is 19.6 Å². The van der Waals surface area contributed by atoms with Crippen molar-refractivity contribution in [3.8, 4) is 11.1 Å². The zero-order valence-electron chi connectivity index (χ0n) is 19.0. The van der Waals surface area contributed by atoms with Gasteiger partial charge in [-0.3, -0.25) is 9.59 Å². The summed E-state index contributed by atoms with van der Waals surface area (Å²) in [6.07, 6.45) is 4.27. The van der Waals surface area contributed by atoms with Gasteiger partial charge in [-0.05, 0) is 42.0 Å². The summed E-state index contributed by atoms with van der Waals surface area (Å²) in [5.41, 5.74) is 4.79. The Morgan fingerprint density at radius 1 is 0.909 bits per heavy atom. The van der Waals surface area contributed by atoms with E-state index in [1.165, 1.54) is 29.2 Å². The van der Waals surface area contributed by atoms with Crippen LogP contribution in [-0.4, -0.2) is 42.3 Å². The highest BCUT2D eigenvalue weighted by Gasteiger charge is 2.28. The number of fused-ring (bicyclic) bond motifs is 3. The minimum atomic E-state index is -1.03. The third-order valence-electron chi connectivity index (χ3n) is 5.94. The maximum atomic E-state index is 12.2. The fraction of sp³-hybridized carbons (Fsp3) is 0.423. The van der Waals surface area contributed by atoms with E-state index in [1.807, 2.05) is 24.3 Å². The molecule has 0 heterocycles. The maximum absolute atomic E-state index is 12.2. The van der Waals surface area contributed by atoms with Gasteiger partial charge in [-0.2, -0.15) is 0 Å². The summed E-state index contributed by atoms with van der Waals surface area (Å²) in [4.78, 5) is 34.5. The highest BCUT2D eigenvalue weighted by atomic mass is 16.5. The van der Waals surface area contributed by atoms with Crippen molar-refractivity contribution in [3.63, 3.8) is 0 Å². The Kier molecular flexibility index (Phi) is 8.87. The van der Waals surface area contributed by atoms with Crippen LogP contribution in [0.4, 0.5) is 4.79 Å². The predicted octanol–water partition coefficient (Wildman–Crippen LogP) is 4.46. The number of alkyl carbamates (subject to hydrolysis) is 1. The molecule has 0 fully saturated rings. The molecule has 1 unspecified atom stereocenters. The van der Waals surface area contributed by atoms with E-state index in [2.05, 4.69) is 34.9 Å². The summed E-state index contributed by atoms with van der Waals surface area (Å²) in [7, 11) is 0. The van der Waals surface area contributed by atoms with Crippen LogP contribution >= 0.6 is 0 Å². The molecule has 0 saturated heterocycles. The van der Waals surface area contributed by atoms with E-state index in [9.17, 15) is 14.4 Å². The summed E-state index contributed by atoms with van der Waals surface area (Å²) in [6, 6.07) is 15.6. The van der Waals surface area contributed by atoms with Crippen molar-refractivity contribution in [1.29, 1.82) is 0 Å². The average Bonchev–Trinajstić information content (AvgIpc) is 3.13. The minimum Gasteiger partial charge on any atom is -0.480 e. The molecule has 176 valence electrons. The number of unbranched alkanes of at least 4 members (excludes halogenated alkanes) is 4. The number of hydrogen-bond donors (Lipinski definition) is 3. The number of amides is 2. The summed E-state index contributed by atoms with van der Waals surface area (Å²) in [5.74, 6) is -1.21. The lowest BCUT2D eigenvalue weighted by molar-refractivity contribution is -0.141. The highest BCUT2D eigenvalue weighted by Crippen LogP contribution is 2.44. The van der Waals surface area contributed by atoms with Crippen molar-refractivity contribution in [2.75, 3.05) is 13.2 Å². The van der Waals surface area contributed by atoms with Crippen LogP contribution in [0.15, 0.2) is 48.5 Å². The third kappa shape index (κ3) is 6.81. The summed E-state index contributed by atoms with van der Waals surface area (Å²) >= 11 is 0. The number of carboxylic acids is 1. The molecule has 7 heteroatoms. The molecule has 2 aromatic rings. The molecular weight excluding hydrogens is 420 g/mol. The average molecular weight is 453 g/mol. The topological polar surface area (TPSA) is 105 Å². The molecule has 0 aliphatic heterocycles. The molecule has 33 heavy (non-hydrogen) atoms. The number of benzene rings is 2. The Bertz CT molecular complexity index is 929. The largest absolute Gasteiger partial charge is 0.480 e. The van der Waals surface area contributed by atoms with E-state index in [0.717, 1.165) is 32.1 Å². The normalized spacial score (nSPS) is 13.0. The van der Waals surface area contributed by atoms with Crippen LogP contribution in [-0.2, 0) is 14.3 Å². The van der Waals surface area contributed by atoms with E-state index < -0.39 is 18.1 Å². The lowest BCUT2D eigenvalue weighted by atomic mass is 9.98. The molecule has 3 N–H and O–H groups in total. The smallest absolute Gasteiger partial charge is 0.407 e. The molecule has 0 aromatic heterocycles. The Balaban J connectivity index is 1.28. The molecule has 0 radical (unpaired) electrons. The number of carboxylic acid groups (broad SMARTS) is 1. The molecule has 1 aliphatic carbocycles. The Morgan fingerprint density at radius 2 is 1.48 bits per heavy atom. The first-order valence-corrected chi connectivity index (χ1v) is 11.6. The van der Waals surface area contributed by atoms with Gasteiger partial charge in [0.1, 0.15) is 12.6 Å². The summed E-state index contributed by atoms with van der Waals surface area (Å²) < 4.78 is 5.52. The van der Waals surface area contributed by atoms with Crippen molar-refractivity contribution in [3.05, 3.63) is 59.7 Å². The van der Waals surface area contributed by atoms with Crippen molar-refractivity contribution in [1.82, 2.24) is 10.6 Å². The molecule has 3 rings (SSSR count). The molecule has 2 aromatic carbocycles. The second-order valence-corrected chi connectivity index (χ2v) is 8.40. The van der Waals surface area contributed by atoms with Gasteiger partial charge < -0.3 is 20.5 Å². The summed E-state index contributed by atoms with van der Waals surface area (Å²) in [5, 5.41) is 14.0. The van der Waals surface area contributed by atoms with Gasteiger partial charge in [-0.25, -0.2) is 4.79 Å². The standard InChI is InChI=1S/C26H32N2O5/c1-18(25(30)31)28-24(29)15-5-3-2-4-10-16-27-26(32)33-17-23-21-13-8-6-11-19(21)20-12-7-9-14-22(20)23/h6-9,11-14,18,23H,2-5,10,15-17H2,1H3,(H,27,32)(H,28,29)(H,30,31). The number of aliphatic carboxylic acids is 1. The number of ether oxygens (including phenoxy) is 1. The molecule has 0 saturated carbocycles. The van der Waals surface area contributed by atoms with Crippen LogP contribution in [0.3, 0.4) is 0 Å². The van der Waals surface area contributed by atoms with Crippen LogP contribution in [0.1, 0.15) is 62.5 Å². The molecule has 2 amide bonds. The number of rotatable bonds is 12. The van der Waals surface area contributed by atoms with Gasteiger partial charge in [0.15, 0.2) is 0 Å². The van der Waals surface area contributed by atoms with E-state index in [4.69, 9.17) is 9.84 Å². The number of hydrogen-bond acceptors (Lipinski definition) is 4. The van der Waals surface area contributed by atoms with Gasteiger partial charge in [0.2, 0.25) is 5.91 Å². The monoisotopic (exact) mass is 452 g/mol. The second kappa shape index (κ2) is 12.0. The van der Waals surface area contributed by atoms with Crippen molar-refractivity contribution in [2.24, 2.45) is 0 Å². The van der Waals surface area contributed by atoms with Crippen LogP contribution < -0.4 is 10.6 Å². The number of carbonyl (C=O) groups is 3. The van der Waals surface area contributed by atoms with E-state index in [-0.39, 0.29) is 11.8 Å². The maximum Gasteiger partial charge on any atom is 0.407 e. The minimum absolute atomic E-state index is 0.0545. The van der Waals surface area contributed by atoms with Gasteiger partial charge in [-0.1, -0.05) is 67.8 Å². The number of carbonyl (C=O) groups excluding carboxylic acids is 2. The van der Waals surface area contributed by atoms with Crippen molar-refractivity contribution >= 4 is 18.0 Å². The first-order chi connectivity index (χ1) is 16.0. The van der Waals surface area contributed by atoms with Gasteiger partial charge in [0.25, 0.3) is 0 Å². The summed E-state index contributed by atoms with van der Waals surface area (Å²) in [6.45, 7) is 2.31. The molecule has 7 nitrogen and oxygen atoms in total. The third-order valence-corrected chi connectivity index (χ3v) is 5.94. The quantitative estimate of drug-likeness (QED) is 0.413. The Morgan fingerprint density at radius 3 is 2.12 bits per heavy atom. The first-order valence-electron chi connectivity index (χ1n) is 11.6. The molecule has 1 aliphatic rings. The van der Waals surface area contributed by atoms with Crippen LogP contribution in [0.2, 0.25) is 0 Å². The molecule has 0 bridgehead atoms. The van der Waals surface area contributed by atoms with Crippen LogP contribution in [0.25, 0.3) is 11.1 Å². The van der Waals surface area contributed by atoms with Gasteiger partial charge in [-0.15, -0.1) is 0 Å². The lowest BCUT2D eigenvalue weighted by Gasteiger charge is -2.14.